The molecule has 0 aliphatic heterocycles. The van der Waals surface area contributed by atoms with Crippen molar-refractivity contribution in [2.45, 2.75) is 72.6 Å². The molecule has 72 heavy (non-hydrogen) atoms. The maximum absolute atomic E-state index is 7.85. The van der Waals surface area contributed by atoms with Gasteiger partial charge in [-0.25, -0.2) is 0 Å². The smallest absolute Gasteiger partial charge is 0.121 e. The zero-order valence-corrected chi connectivity index (χ0v) is 44.0. The first kappa shape index (κ1) is 44.5. The first-order valence-electron chi connectivity index (χ1n) is 26.1. The van der Waals surface area contributed by atoms with Crippen LogP contribution in [-0.2, 0) is 25.5 Å². The number of hydrogen-bond acceptors (Lipinski definition) is 3. The summed E-state index contributed by atoms with van der Waals surface area (Å²) in [7, 11) is 0. The van der Waals surface area contributed by atoms with E-state index in [1.54, 1.807) is 12.3 Å². The fourth-order valence-electron chi connectivity index (χ4n) is 9.98. The first-order valence-corrected chi connectivity index (χ1v) is 24.6. The molecule has 5 heteroatoms. The fraction of sp³-hybridized carbons (Fsp3) is 0.164. The number of fused-ring (bicyclic) bond motifs is 7. The fourth-order valence-corrected chi connectivity index (χ4v) is 9.98. The Labute approximate surface area is 441 Å². The molecule has 357 valence electrons. The molecule has 4 nitrogen and oxygen atoms in total. The van der Waals surface area contributed by atoms with E-state index in [1.165, 1.54) is 55.0 Å². The zero-order chi connectivity index (χ0) is 51.5. The number of para-hydroxylation sites is 2. The van der Waals surface area contributed by atoms with E-state index in [2.05, 4.69) is 198 Å². The van der Waals surface area contributed by atoms with Gasteiger partial charge in [0.2, 0.25) is 0 Å². The molecule has 9 aromatic carbocycles. The van der Waals surface area contributed by atoms with Crippen LogP contribution in [0.2, 0.25) is 0 Å². The second-order valence-electron chi connectivity index (χ2n) is 20.2. The van der Waals surface area contributed by atoms with E-state index >= 15 is 0 Å². The Bertz CT molecular complexity index is 4020. The molecule has 0 aliphatic carbocycles. The van der Waals surface area contributed by atoms with Crippen LogP contribution in [0.1, 0.15) is 86.7 Å². The summed E-state index contributed by atoms with van der Waals surface area (Å²) in [5.41, 5.74) is 15.5. The molecule has 12 aromatic rings. The Kier molecular flexibility index (Phi) is 12.1. The molecule has 3 aromatic heterocycles. The molecule has 0 spiro atoms. The van der Waals surface area contributed by atoms with Crippen molar-refractivity contribution in [1.82, 2.24) is 14.5 Å². The number of imidazole rings is 1. The third-order valence-electron chi connectivity index (χ3n) is 13.8. The summed E-state index contributed by atoms with van der Waals surface area (Å²) >= 11 is 0. The van der Waals surface area contributed by atoms with Crippen LogP contribution >= 0.6 is 0 Å². The first-order chi connectivity index (χ1) is 35.6. The van der Waals surface area contributed by atoms with Gasteiger partial charge in [0.05, 0.1) is 22.4 Å². The van der Waals surface area contributed by atoms with Crippen molar-refractivity contribution < 1.29 is 28.6 Å². The Morgan fingerprint density at radius 1 is 0.611 bits per heavy atom. The number of aryl methyl sites for hydroxylation is 1. The minimum atomic E-state index is -2.19. The van der Waals surface area contributed by atoms with Crippen molar-refractivity contribution in [3.05, 3.63) is 223 Å². The molecule has 0 fully saturated rings. The Balaban J connectivity index is 0.000000202. The third-order valence-corrected chi connectivity index (χ3v) is 13.8. The molecular weight excluding hydrogens is 1050 g/mol. The van der Waals surface area contributed by atoms with Gasteiger partial charge in [-0.1, -0.05) is 187 Å². The van der Waals surface area contributed by atoms with E-state index in [9.17, 15) is 0 Å². The average Bonchev–Trinajstić information content (AvgIpc) is 4.00. The summed E-state index contributed by atoms with van der Waals surface area (Å²) in [5.74, 6) is 1.40. The third kappa shape index (κ3) is 8.97. The molecule has 0 aliphatic rings. The van der Waals surface area contributed by atoms with Gasteiger partial charge in [0, 0.05) is 41.5 Å². The number of benzene rings is 9. The quantitative estimate of drug-likeness (QED) is 0.118. The normalized spacial score (nSPS) is 12.5. The van der Waals surface area contributed by atoms with E-state index in [0.29, 0.717) is 11.1 Å². The van der Waals surface area contributed by atoms with Crippen LogP contribution in [0.25, 0.3) is 105 Å². The molecule has 12 rings (SSSR count). The standard InChI is InChI=1S/C45H35N2O.C22H22N.Ir/c1-27(2)36-24-32(29-13-6-5-7-14-29)25-37(28(3)4)43(36)47-41-20-11-10-19-40(41)46-45(47)35-18-12-17-34-39-23-31-22-21-30-15-8-9-16-33(30)38(31)26-42(39)48-44(34)35;1-16-10-11-18(14-20(16)17-8-6-5-7-9-17)21-15-19(12-13-23-21)22(2,3)4;/h5-17,19-28H,1-4H3;5-10,12-15H,1-4H3;/q2*-1;/i;1D3;. The van der Waals surface area contributed by atoms with Crippen LogP contribution in [0.15, 0.2) is 193 Å². The van der Waals surface area contributed by atoms with Crippen molar-refractivity contribution >= 4 is 54.5 Å². The van der Waals surface area contributed by atoms with Crippen LogP contribution in [-0.4, -0.2) is 14.5 Å². The zero-order valence-electron chi connectivity index (χ0n) is 44.6. The van der Waals surface area contributed by atoms with Gasteiger partial charge < -0.3 is 14.0 Å². The Morgan fingerprint density at radius 3 is 2.01 bits per heavy atom. The monoisotopic (exact) mass is 1120 g/mol. The molecule has 0 saturated heterocycles. The van der Waals surface area contributed by atoms with Crippen LogP contribution in [0.5, 0.6) is 0 Å². The van der Waals surface area contributed by atoms with Gasteiger partial charge in [0.15, 0.2) is 0 Å². The van der Waals surface area contributed by atoms with E-state index < -0.39 is 6.85 Å². The van der Waals surface area contributed by atoms with Gasteiger partial charge in [-0.05, 0) is 120 Å². The minimum absolute atomic E-state index is 0. The maximum atomic E-state index is 7.85. The number of pyridine rings is 1. The van der Waals surface area contributed by atoms with Crippen molar-refractivity contribution in [2.24, 2.45) is 0 Å². The van der Waals surface area contributed by atoms with Gasteiger partial charge in [0.1, 0.15) is 5.58 Å². The van der Waals surface area contributed by atoms with Crippen molar-refractivity contribution in [1.29, 1.82) is 0 Å². The van der Waals surface area contributed by atoms with Crippen molar-refractivity contribution in [2.75, 3.05) is 0 Å². The van der Waals surface area contributed by atoms with E-state index in [1.807, 2.05) is 48.5 Å². The molecule has 3 heterocycles. The molecular formula is C67H57IrN3O-2. The minimum Gasteiger partial charge on any atom is -0.501 e. The average molecular weight is 1120 g/mol. The van der Waals surface area contributed by atoms with E-state index in [4.69, 9.17) is 13.5 Å². The number of rotatable bonds is 7. The summed E-state index contributed by atoms with van der Waals surface area (Å²) < 4.78 is 32.8. The van der Waals surface area contributed by atoms with Crippen LogP contribution in [0.3, 0.4) is 0 Å². The summed E-state index contributed by atoms with van der Waals surface area (Å²) in [6, 6.07) is 69.3. The predicted molar refractivity (Wildman–Crippen MR) is 299 cm³/mol. The van der Waals surface area contributed by atoms with Gasteiger partial charge in [-0.2, -0.15) is 0 Å². The van der Waals surface area contributed by atoms with Gasteiger partial charge in [-0.3, -0.25) is 4.98 Å². The molecule has 1 radical (unpaired) electrons. The van der Waals surface area contributed by atoms with Crippen molar-refractivity contribution in [3.8, 4) is 50.6 Å². The molecule has 0 atom stereocenters. The van der Waals surface area contributed by atoms with E-state index in [0.717, 1.165) is 61.2 Å². The van der Waals surface area contributed by atoms with E-state index in [-0.39, 0.29) is 37.4 Å². The molecule has 0 unspecified atom stereocenters. The van der Waals surface area contributed by atoms with Crippen LogP contribution in [0.4, 0.5) is 0 Å². The summed E-state index contributed by atoms with van der Waals surface area (Å²) in [5, 5.41) is 7.02. The number of hydrogen-bond donors (Lipinski definition) is 0. The Hall–Kier alpha value is -7.43. The molecule has 0 N–H and O–H groups in total. The maximum Gasteiger partial charge on any atom is 0.121 e. The second-order valence-corrected chi connectivity index (χ2v) is 20.2. The van der Waals surface area contributed by atoms with Gasteiger partial charge in [0.25, 0.3) is 0 Å². The molecule has 0 saturated carbocycles. The molecule has 0 bridgehead atoms. The van der Waals surface area contributed by atoms with Crippen molar-refractivity contribution in [3.63, 3.8) is 0 Å². The predicted octanol–water partition coefficient (Wildman–Crippen LogP) is 18.4. The molecule has 0 amide bonds. The van der Waals surface area contributed by atoms with Crippen LogP contribution in [0, 0.1) is 19.0 Å². The largest absolute Gasteiger partial charge is 0.501 e. The number of aromatic nitrogens is 3. The SMILES string of the molecule is CC(C)c1cc(-c2ccccc2)cc(C(C)C)c1-n1c(-c2[c-]ccc3c2oc2cc4c(ccc5ccccc54)cc23)nc2ccccc21.[2H]C([2H])([2H])c1c[c-]c(-c2cc(C(C)(C)C)ccn2)cc1-c1ccccc1.[Ir]. The van der Waals surface area contributed by atoms with Gasteiger partial charge >= 0.3 is 0 Å². The number of furan rings is 1. The summed E-state index contributed by atoms with van der Waals surface area (Å²) in [6.07, 6.45) is 1.80. The van der Waals surface area contributed by atoms with Crippen LogP contribution < -0.4 is 0 Å². The second kappa shape index (κ2) is 19.6. The summed E-state index contributed by atoms with van der Waals surface area (Å²) in [4.78, 5) is 9.81. The Morgan fingerprint density at radius 2 is 1.29 bits per heavy atom. The topological polar surface area (TPSA) is 43.9 Å². The summed E-state index contributed by atoms with van der Waals surface area (Å²) in [6.45, 7) is 13.4. The van der Waals surface area contributed by atoms with Gasteiger partial charge in [-0.15, -0.1) is 47.5 Å². The number of nitrogens with zero attached hydrogens (tertiary/aromatic N) is 3.